The number of hydrogen-bond acceptors (Lipinski definition) is 0. The van der Waals surface area contributed by atoms with Crippen LogP contribution in [0.25, 0.3) is 0 Å². The Balaban J connectivity index is 3.21. The minimum absolute atomic E-state index is 0.667. The average molecular weight is 277 g/mol. The Morgan fingerprint density at radius 2 is 1.60 bits per heavy atom. The molecule has 0 aromatic heterocycles. The molecule has 0 spiro atoms. The van der Waals surface area contributed by atoms with Crippen LogP contribution < -0.4 is 0 Å². The van der Waals surface area contributed by atoms with Gasteiger partial charge in [-0.25, -0.2) is 0 Å². The summed E-state index contributed by atoms with van der Waals surface area (Å²) in [5.74, 6) is 0. The second-order valence-electron chi connectivity index (χ2n) is 1.90. The van der Waals surface area contributed by atoms with Gasteiger partial charge < -0.3 is 0 Å². The van der Waals surface area contributed by atoms with Gasteiger partial charge in [-0.2, -0.15) is 22.2 Å². The maximum Gasteiger partial charge on any atom is 0.341 e. The molecule has 0 bridgehead atoms. The van der Waals surface area contributed by atoms with Crippen molar-refractivity contribution in [3.05, 3.63) is 0 Å². The third-order valence-corrected chi connectivity index (χ3v) is 5.66. The van der Waals surface area contributed by atoms with Crippen LogP contribution in [0.1, 0.15) is 6.42 Å². The van der Waals surface area contributed by atoms with E-state index in [1.807, 2.05) is 0 Å². The molecule has 0 fully saturated rings. The first kappa shape index (κ1) is 11.9. The average Bonchev–Trinajstić information content (AvgIpc) is 1.59. The molecule has 0 nitrogen and oxygen atoms in total. The summed E-state index contributed by atoms with van der Waals surface area (Å²) in [5, 5.41) is 0. The van der Waals surface area contributed by atoms with E-state index in [4.69, 9.17) is 55.4 Å². The molecule has 0 saturated carbocycles. The van der Waals surface area contributed by atoms with Gasteiger partial charge in [-0.15, -0.1) is 33.2 Å². The quantitative estimate of drug-likeness (QED) is 0.542. The van der Waals surface area contributed by atoms with E-state index < -0.39 is 13.4 Å². The van der Waals surface area contributed by atoms with Crippen molar-refractivity contribution in [2.24, 2.45) is 0 Å². The highest BCUT2D eigenvalue weighted by Gasteiger charge is 2.24. The molecule has 0 atom stereocenters. The fraction of sp³-hybridized carbons (Fsp3) is 1.00. The van der Waals surface area contributed by atoms with Gasteiger partial charge in [-0.1, -0.05) is 6.42 Å². The first-order valence-corrected chi connectivity index (χ1v) is 12.3. The Hall–Kier alpha value is 1.88. The van der Waals surface area contributed by atoms with Gasteiger partial charge in [-0.3, -0.25) is 0 Å². The predicted molar refractivity (Wildman–Crippen MR) is 56.4 cm³/mol. The van der Waals surface area contributed by atoms with Crippen molar-refractivity contribution >= 4 is 68.8 Å². The summed E-state index contributed by atoms with van der Waals surface area (Å²) >= 11 is 28.0. The lowest BCUT2D eigenvalue weighted by atomic mass is 10.6. The van der Waals surface area contributed by atoms with Gasteiger partial charge >= 0.3 is 6.00 Å². The fourth-order valence-corrected chi connectivity index (χ4v) is 4.11. The monoisotopic (exact) mass is 274 g/mol. The molecule has 0 rings (SSSR count). The van der Waals surface area contributed by atoms with Gasteiger partial charge in [0.15, 0.2) is 0 Å². The topological polar surface area (TPSA) is 0 Å². The minimum Gasteiger partial charge on any atom is -0.150 e. The molecule has 0 aromatic carbocycles. The van der Waals surface area contributed by atoms with E-state index in [0.29, 0.717) is 6.04 Å². The summed E-state index contributed by atoms with van der Waals surface area (Å²) in [6.07, 6.45) is 0.854. The molecule has 0 N–H and O–H groups in total. The van der Waals surface area contributed by atoms with Crippen molar-refractivity contribution in [1.29, 1.82) is 0 Å². The maximum atomic E-state index is 5.62. The van der Waals surface area contributed by atoms with Crippen LogP contribution in [0.4, 0.5) is 0 Å². The summed E-state index contributed by atoms with van der Waals surface area (Å²) in [6.45, 7) is 0. The summed E-state index contributed by atoms with van der Waals surface area (Å²) < 4.78 is 0. The number of rotatable bonds is 4. The summed E-state index contributed by atoms with van der Waals surface area (Å²) in [4.78, 5) is 0. The van der Waals surface area contributed by atoms with Gasteiger partial charge in [0.05, 0.1) is 0 Å². The summed E-state index contributed by atoms with van der Waals surface area (Å²) in [5.41, 5.74) is 0. The van der Waals surface area contributed by atoms with Crippen LogP contribution in [0, 0.1) is 0 Å². The molecule has 0 aliphatic carbocycles. The van der Waals surface area contributed by atoms with Gasteiger partial charge in [-0.05, 0) is 12.1 Å². The second kappa shape index (κ2) is 5.52. The number of hydrogen-bond donors (Lipinski definition) is 0. The zero-order chi connectivity index (χ0) is 8.20. The summed E-state index contributed by atoms with van der Waals surface area (Å²) in [6, 6.07) is -0.898. The highest BCUT2D eigenvalue weighted by atomic mass is 35.8. The first-order valence-electron chi connectivity index (χ1n) is 2.77. The van der Waals surface area contributed by atoms with Crippen molar-refractivity contribution in [3.63, 3.8) is 0 Å². The normalized spacial score (nSPS) is 12.6. The van der Waals surface area contributed by atoms with E-state index in [2.05, 4.69) is 0 Å². The Morgan fingerprint density at radius 3 is 1.90 bits per heavy atom. The molecule has 10 heavy (non-hydrogen) atoms. The standard InChI is InChI=1S/C3H7Cl5Si2/c4-9(5)2-1-3-10(6,7)8/h9H,1-3H2. The Morgan fingerprint density at radius 1 is 1.10 bits per heavy atom. The lowest BCUT2D eigenvalue weighted by molar-refractivity contribution is 1.06. The maximum absolute atomic E-state index is 5.62. The van der Waals surface area contributed by atoms with Crippen molar-refractivity contribution < 1.29 is 0 Å². The second-order valence-corrected chi connectivity index (χ2v) is 16.4. The van der Waals surface area contributed by atoms with E-state index >= 15 is 0 Å². The van der Waals surface area contributed by atoms with E-state index in [1.54, 1.807) is 0 Å². The minimum atomic E-state index is -2.40. The van der Waals surface area contributed by atoms with E-state index in [1.165, 1.54) is 0 Å². The molecule has 0 radical (unpaired) electrons. The van der Waals surface area contributed by atoms with Crippen molar-refractivity contribution in [2.45, 2.75) is 18.5 Å². The Bertz CT molecular complexity index is 89.4. The third-order valence-electron chi connectivity index (χ3n) is 0.883. The number of halogens is 5. The molecule has 0 aromatic rings. The van der Waals surface area contributed by atoms with E-state index in [9.17, 15) is 0 Å². The molecule has 7 heteroatoms. The Kier molecular flexibility index (Phi) is 6.55. The fourth-order valence-electron chi connectivity index (χ4n) is 0.457. The predicted octanol–water partition coefficient (Wildman–Crippen LogP) is 3.73. The molecule has 0 aliphatic rings. The van der Waals surface area contributed by atoms with Crippen LogP contribution in [0.3, 0.4) is 0 Å². The zero-order valence-corrected chi connectivity index (χ0v) is 11.0. The van der Waals surface area contributed by atoms with Gasteiger partial charge in [0.25, 0.3) is 0 Å². The highest BCUT2D eigenvalue weighted by Crippen LogP contribution is 2.28. The van der Waals surface area contributed by atoms with Crippen LogP contribution in [-0.2, 0) is 0 Å². The highest BCUT2D eigenvalue weighted by molar-refractivity contribution is 7.64. The molecular formula is C3H7Cl5Si2. The Labute approximate surface area is 86.9 Å². The molecule has 0 saturated heterocycles. The molecule has 0 amide bonds. The lowest BCUT2D eigenvalue weighted by Gasteiger charge is -2.05. The SMILES string of the molecule is Cl[SiH](Cl)CCC[Si](Cl)(Cl)Cl. The van der Waals surface area contributed by atoms with Gasteiger partial charge in [0.2, 0.25) is 7.42 Å². The van der Waals surface area contributed by atoms with E-state index in [0.717, 1.165) is 12.5 Å². The molecular weight excluding hydrogens is 269 g/mol. The lowest BCUT2D eigenvalue weighted by Crippen LogP contribution is -2.08. The van der Waals surface area contributed by atoms with Crippen LogP contribution in [0.5, 0.6) is 0 Å². The van der Waals surface area contributed by atoms with Crippen LogP contribution in [-0.4, -0.2) is 13.4 Å². The largest absolute Gasteiger partial charge is 0.341 e. The van der Waals surface area contributed by atoms with Crippen molar-refractivity contribution in [2.75, 3.05) is 0 Å². The zero-order valence-electron chi connectivity index (χ0n) is 5.09. The summed E-state index contributed by atoms with van der Waals surface area (Å²) in [7, 11) is -1.47. The van der Waals surface area contributed by atoms with Gasteiger partial charge in [0, 0.05) is 0 Å². The van der Waals surface area contributed by atoms with Crippen LogP contribution >= 0.6 is 55.4 Å². The van der Waals surface area contributed by atoms with Crippen molar-refractivity contribution in [3.8, 4) is 0 Å². The van der Waals surface area contributed by atoms with Crippen LogP contribution in [0.2, 0.25) is 12.1 Å². The molecule has 62 valence electrons. The van der Waals surface area contributed by atoms with E-state index in [-0.39, 0.29) is 0 Å². The third kappa shape index (κ3) is 9.88. The molecule has 0 heterocycles. The molecule has 0 aliphatic heterocycles. The molecule has 0 unspecified atom stereocenters. The van der Waals surface area contributed by atoms with Gasteiger partial charge in [0.1, 0.15) is 0 Å². The smallest absolute Gasteiger partial charge is 0.150 e. The first-order chi connectivity index (χ1) is 4.42. The van der Waals surface area contributed by atoms with Crippen molar-refractivity contribution in [1.82, 2.24) is 0 Å². The van der Waals surface area contributed by atoms with Crippen LogP contribution in [0.15, 0.2) is 0 Å².